The number of nitrogens with one attached hydrogen (secondary N) is 1. The number of rotatable bonds is 8. The molecule has 0 atom stereocenters. The van der Waals surface area contributed by atoms with Crippen molar-refractivity contribution in [2.75, 3.05) is 26.6 Å². The Morgan fingerprint density at radius 2 is 1.85 bits per heavy atom. The van der Waals surface area contributed by atoms with E-state index in [0.717, 1.165) is 4.31 Å². The summed E-state index contributed by atoms with van der Waals surface area (Å²) < 4.78 is 43.0. The van der Waals surface area contributed by atoms with E-state index in [2.05, 4.69) is 4.98 Å². The normalized spacial score (nSPS) is 12.9. The Morgan fingerprint density at radius 3 is 2.52 bits per heavy atom. The highest BCUT2D eigenvalue weighted by molar-refractivity contribution is 7.89. The highest BCUT2D eigenvalue weighted by Gasteiger charge is 2.26. The molecule has 11 heteroatoms. The molecule has 1 aliphatic heterocycles. The summed E-state index contributed by atoms with van der Waals surface area (Å²) >= 11 is 0. The molecule has 0 amide bonds. The van der Waals surface area contributed by atoms with Crippen molar-refractivity contribution in [3.63, 3.8) is 0 Å². The zero-order valence-corrected chi connectivity index (χ0v) is 18.6. The van der Waals surface area contributed by atoms with Crippen LogP contribution in [0.5, 0.6) is 11.5 Å². The van der Waals surface area contributed by atoms with Crippen LogP contribution in [0.25, 0.3) is 10.9 Å². The number of hydrogen-bond acceptors (Lipinski definition) is 8. The molecule has 0 spiro atoms. The molecule has 1 aromatic heterocycles. The molecule has 0 bridgehead atoms. The zero-order valence-electron chi connectivity index (χ0n) is 17.7. The number of nitrogens with zero attached hydrogens (tertiary/aromatic N) is 1. The summed E-state index contributed by atoms with van der Waals surface area (Å²) in [6.07, 6.45) is 0. The first kappa shape index (κ1) is 22.8. The van der Waals surface area contributed by atoms with Crippen molar-refractivity contribution in [1.29, 1.82) is 0 Å². The molecule has 1 aliphatic rings. The van der Waals surface area contributed by atoms with Crippen molar-refractivity contribution in [1.82, 2.24) is 9.29 Å². The summed E-state index contributed by atoms with van der Waals surface area (Å²) in [6, 6.07) is 10.2. The van der Waals surface area contributed by atoms with Crippen molar-refractivity contribution in [2.45, 2.75) is 18.4 Å². The molecule has 4 rings (SSSR count). The van der Waals surface area contributed by atoms with Crippen LogP contribution in [0, 0.1) is 0 Å². The molecule has 33 heavy (non-hydrogen) atoms. The van der Waals surface area contributed by atoms with E-state index in [4.69, 9.17) is 14.2 Å². The number of sulfonamides is 1. The third-order valence-electron chi connectivity index (χ3n) is 5.11. The number of carbonyl (C=O) groups excluding carboxylic acids is 1. The van der Waals surface area contributed by atoms with Crippen molar-refractivity contribution >= 4 is 26.9 Å². The van der Waals surface area contributed by atoms with Gasteiger partial charge in [-0.15, -0.1) is 0 Å². The molecular formula is C22H22N2O8S. The van der Waals surface area contributed by atoms with E-state index in [1.165, 1.54) is 24.3 Å². The number of ether oxygens (including phenoxy) is 3. The Bertz CT molecular complexity index is 1350. The van der Waals surface area contributed by atoms with Crippen molar-refractivity contribution in [3.05, 3.63) is 63.9 Å². The second-order valence-corrected chi connectivity index (χ2v) is 9.16. The predicted octanol–water partition coefficient (Wildman–Crippen LogP) is 1.62. The number of hydrogen-bond donors (Lipinski definition) is 2. The SMILES string of the molecule is CCOC(=O)c1ccc(S(=O)(=O)N(CCO)Cc2cc3cc4c(cc3[nH]c2=O)OCO4)cc1. The minimum atomic E-state index is -4.07. The monoisotopic (exact) mass is 474 g/mol. The largest absolute Gasteiger partial charge is 0.462 e. The highest BCUT2D eigenvalue weighted by atomic mass is 32.2. The van der Waals surface area contributed by atoms with Crippen LogP contribution in [-0.4, -0.2) is 55.3 Å². The van der Waals surface area contributed by atoms with Gasteiger partial charge in [0.25, 0.3) is 5.56 Å². The molecule has 0 saturated carbocycles. The fraction of sp³-hybridized carbons (Fsp3) is 0.273. The molecule has 0 unspecified atom stereocenters. The topological polar surface area (TPSA) is 135 Å². The van der Waals surface area contributed by atoms with Crippen molar-refractivity contribution in [3.8, 4) is 11.5 Å². The van der Waals surface area contributed by atoms with Crippen LogP contribution in [0.15, 0.2) is 52.2 Å². The van der Waals surface area contributed by atoms with Gasteiger partial charge in [-0.1, -0.05) is 0 Å². The lowest BCUT2D eigenvalue weighted by molar-refractivity contribution is 0.0526. The summed E-state index contributed by atoms with van der Waals surface area (Å²) in [5, 5.41) is 10.1. The number of benzene rings is 2. The Hall–Kier alpha value is -3.41. The number of aromatic amines is 1. The highest BCUT2D eigenvalue weighted by Crippen LogP contribution is 2.35. The maximum atomic E-state index is 13.2. The second-order valence-electron chi connectivity index (χ2n) is 7.22. The van der Waals surface area contributed by atoms with Gasteiger partial charge in [-0.25, -0.2) is 13.2 Å². The van der Waals surface area contributed by atoms with Gasteiger partial charge in [0.1, 0.15) is 0 Å². The van der Waals surface area contributed by atoms with Crippen LogP contribution >= 0.6 is 0 Å². The fourth-order valence-electron chi connectivity index (χ4n) is 3.47. The number of aliphatic hydroxyl groups excluding tert-OH is 1. The van der Waals surface area contributed by atoms with Crippen LogP contribution in [0.3, 0.4) is 0 Å². The summed E-state index contributed by atoms with van der Waals surface area (Å²) in [5.41, 5.74) is 0.479. The Labute approximate surface area is 189 Å². The van der Waals surface area contributed by atoms with Gasteiger partial charge >= 0.3 is 5.97 Å². The molecule has 2 N–H and O–H groups in total. The molecule has 3 aromatic rings. The molecule has 0 aliphatic carbocycles. The van der Waals surface area contributed by atoms with Gasteiger partial charge in [0.2, 0.25) is 16.8 Å². The molecule has 2 aromatic carbocycles. The van der Waals surface area contributed by atoms with Gasteiger partial charge < -0.3 is 24.3 Å². The quantitative estimate of drug-likeness (QED) is 0.470. The first-order valence-electron chi connectivity index (χ1n) is 10.2. The number of fused-ring (bicyclic) bond motifs is 2. The minimum Gasteiger partial charge on any atom is -0.462 e. The Morgan fingerprint density at radius 1 is 1.15 bits per heavy atom. The Kier molecular flexibility index (Phi) is 6.36. The molecule has 0 fully saturated rings. The fourth-order valence-corrected chi connectivity index (χ4v) is 4.88. The van der Waals surface area contributed by atoms with Crippen molar-refractivity contribution < 1.29 is 32.5 Å². The molecule has 10 nitrogen and oxygen atoms in total. The number of esters is 1. The number of carbonyl (C=O) groups is 1. The van der Waals surface area contributed by atoms with E-state index < -0.39 is 28.2 Å². The molecule has 174 valence electrons. The predicted molar refractivity (Wildman–Crippen MR) is 118 cm³/mol. The van der Waals surface area contributed by atoms with Crippen LogP contribution in [-0.2, 0) is 21.3 Å². The van der Waals surface area contributed by atoms with Crippen molar-refractivity contribution in [2.24, 2.45) is 0 Å². The number of aliphatic hydroxyl groups is 1. The van der Waals surface area contributed by atoms with Gasteiger partial charge in [0, 0.05) is 30.1 Å². The van der Waals surface area contributed by atoms with Gasteiger partial charge in [-0.2, -0.15) is 4.31 Å². The van der Waals surface area contributed by atoms with E-state index in [1.807, 2.05) is 0 Å². The van der Waals surface area contributed by atoms with Gasteiger partial charge in [-0.05, 0) is 43.3 Å². The second kappa shape index (κ2) is 9.22. The van der Waals surface area contributed by atoms with Gasteiger partial charge in [0.05, 0.1) is 29.2 Å². The van der Waals surface area contributed by atoms with Gasteiger partial charge in [-0.3, -0.25) is 4.79 Å². The summed E-state index contributed by atoms with van der Waals surface area (Å²) in [7, 11) is -4.07. The third kappa shape index (κ3) is 4.56. The van der Waals surface area contributed by atoms with E-state index in [9.17, 15) is 23.1 Å². The Balaban J connectivity index is 1.65. The number of aromatic nitrogens is 1. The third-order valence-corrected chi connectivity index (χ3v) is 6.97. The maximum absolute atomic E-state index is 13.2. The summed E-state index contributed by atoms with van der Waals surface area (Å²) in [4.78, 5) is 27.1. The lowest BCUT2D eigenvalue weighted by atomic mass is 10.1. The summed E-state index contributed by atoms with van der Waals surface area (Å²) in [6.45, 7) is 1.03. The van der Waals surface area contributed by atoms with Crippen LogP contribution in [0.1, 0.15) is 22.8 Å². The first-order chi connectivity index (χ1) is 15.8. The average Bonchev–Trinajstić information content (AvgIpc) is 3.25. The lowest BCUT2D eigenvalue weighted by Crippen LogP contribution is -2.35. The number of pyridine rings is 1. The maximum Gasteiger partial charge on any atom is 0.338 e. The lowest BCUT2D eigenvalue weighted by Gasteiger charge is -2.21. The molecule has 0 radical (unpaired) electrons. The van der Waals surface area contributed by atoms with E-state index in [-0.39, 0.29) is 42.5 Å². The van der Waals surface area contributed by atoms with Crippen LogP contribution in [0.4, 0.5) is 0 Å². The van der Waals surface area contributed by atoms with Gasteiger partial charge in [0.15, 0.2) is 11.5 Å². The average molecular weight is 474 g/mol. The first-order valence-corrected chi connectivity index (χ1v) is 11.6. The van der Waals surface area contributed by atoms with Crippen LogP contribution < -0.4 is 15.0 Å². The van der Waals surface area contributed by atoms with E-state index in [0.29, 0.717) is 22.4 Å². The standard InChI is InChI=1S/C22H22N2O8S/c1-2-30-22(27)14-3-5-17(6-4-14)33(28,29)24(7-8-25)12-16-9-15-10-19-20(32-13-31-19)11-18(15)23-21(16)26/h3-6,9-11,25H,2,7-8,12-13H2,1H3,(H,23,26). The number of H-pyrrole nitrogens is 1. The molecule has 0 saturated heterocycles. The minimum absolute atomic E-state index is 0.0791. The zero-order chi connectivity index (χ0) is 23.6. The van der Waals surface area contributed by atoms with E-state index in [1.54, 1.807) is 25.1 Å². The smallest absolute Gasteiger partial charge is 0.338 e. The van der Waals surface area contributed by atoms with Crippen LogP contribution in [0.2, 0.25) is 0 Å². The van der Waals surface area contributed by atoms with E-state index >= 15 is 0 Å². The molecular weight excluding hydrogens is 452 g/mol. The molecule has 2 heterocycles. The summed E-state index contributed by atoms with van der Waals surface area (Å²) in [5.74, 6) is 0.487.